The van der Waals surface area contributed by atoms with Crippen LogP contribution in [0.2, 0.25) is 5.02 Å². The molecule has 0 radical (unpaired) electrons. The van der Waals surface area contributed by atoms with Crippen molar-refractivity contribution in [3.63, 3.8) is 0 Å². The molecule has 3 rings (SSSR count). The number of benzene rings is 1. The molecule has 0 bridgehead atoms. The standard InChI is InChI=1S/C25H34ClN3O3/c1-3-27(25(31)19-32-2)18-24(30)29(21-11-5-4-6-12-21)17-22-13-9-15-28(22)16-20-10-7-8-14-23(20)26/h7-10,13-15,21H,3-6,11-12,16-19H2,1-2H3. The minimum atomic E-state index is -0.158. The lowest BCUT2D eigenvalue weighted by molar-refractivity contribution is -0.144. The van der Waals surface area contributed by atoms with Crippen LogP contribution in [0, 0.1) is 0 Å². The van der Waals surface area contributed by atoms with Crippen molar-refractivity contribution in [2.45, 2.75) is 58.2 Å². The number of hydrogen-bond donors (Lipinski definition) is 0. The normalized spacial score (nSPS) is 14.3. The van der Waals surface area contributed by atoms with Crippen LogP contribution >= 0.6 is 11.6 Å². The summed E-state index contributed by atoms with van der Waals surface area (Å²) >= 11 is 6.37. The van der Waals surface area contributed by atoms with Crippen molar-refractivity contribution < 1.29 is 14.3 Å². The van der Waals surface area contributed by atoms with Gasteiger partial charge in [-0.2, -0.15) is 0 Å². The maximum Gasteiger partial charge on any atom is 0.249 e. The van der Waals surface area contributed by atoms with E-state index in [9.17, 15) is 9.59 Å². The number of halogens is 1. The highest BCUT2D eigenvalue weighted by molar-refractivity contribution is 6.31. The van der Waals surface area contributed by atoms with Crippen LogP contribution in [0.15, 0.2) is 42.6 Å². The zero-order valence-corrected chi connectivity index (χ0v) is 19.9. The lowest BCUT2D eigenvalue weighted by Crippen LogP contribution is -2.48. The van der Waals surface area contributed by atoms with Crippen LogP contribution in [-0.2, 0) is 27.4 Å². The van der Waals surface area contributed by atoms with Crippen LogP contribution in [-0.4, -0.2) is 59.0 Å². The Labute approximate surface area is 196 Å². The third kappa shape index (κ3) is 6.36. The Morgan fingerprint density at radius 3 is 2.53 bits per heavy atom. The number of methoxy groups -OCH3 is 1. The maximum atomic E-state index is 13.4. The van der Waals surface area contributed by atoms with Gasteiger partial charge in [-0.25, -0.2) is 0 Å². The number of carbonyl (C=O) groups excluding carboxylic acids is 2. The Balaban J connectivity index is 1.78. The van der Waals surface area contributed by atoms with E-state index in [1.54, 1.807) is 4.90 Å². The summed E-state index contributed by atoms with van der Waals surface area (Å²) in [6.45, 7) is 3.63. The van der Waals surface area contributed by atoms with Gasteiger partial charge in [0.2, 0.25) is 11.8 Å². The molecule has 0 N–H and O–H groups in total. The van der Waals surface area contributed by atoms with E-state index in [1.165, 1.54) is 13.5 Å². The summed E-state index contributed by atoms with van der Waals surface area (Å²) in [5.41, 5.74) is 2.11. The number of aromatic nitrogens is 1. The first kappa shape index (κ1) is 24.3. The van der Waals surface area contributed by atoms with Gasteiger partial charge >= 0.3 is 0 Å². The molecule has 0 saturated heterocycles. The minimum absolute atomic E-state index is 0.00584. The van der Waals surface area contributed by atoms with E-state index in [2.05, 4.69) is 10.6 Å². The highest BCUT2D eigenvalue weighted by atomic mass is 35.5. The Bertz CT molecular complexity index is 892. The van der Waals surface area contributed by atoms with E-state index in [0.29, 0.717) is 19.6 Å². The molecular formula is C25H34ClN3O3. The zero-order valence-electron chi connectivity index (χ0n) is 19.1. The Morgan fingerprint density at radius 2 is 1.84 bits per heavy atom. The van der Waals surface area contributed by atoms with Crippen molar-refractivity contribution in [1.82, 2.24) is 14.4 Å². The van der Waals surface area contributed by atoms with Gasteiger partial charge in [0.05, 0.1) is 13.1 Å². The largest absolute Gasteiger partial charge is 0.375 e. The molecule has 0 atom stereocenters. The van der Waals surface area contributed by atoms with E-state index < -0.39 is 0 Å². The summed E-state index contributed by atoms with van der Waals surface area (Å²) in [6.07, 6.45) is 7.53. The quantitative estimate of drug-likeness (QED) is 0.531. The molecule has 32 heavy (non-hydrogen) atoms. The average Bonchev–Trinajstić information content (AvgIpc) is 3.24. The third-order valence-corrected chi connectivity index (χ3v) is 6.59. The Kier molecular flexibility index (Phi) is 9.18. The van der Waals surface area contributed by atoms with Crippen LogP contribution in [0.1, 0.15) is 50.3 Å². The van der Waals surface area contributed by atoms with E-state index in [4.69, 9.17) is 16.3 Å². The molecule has 1 saturated carbocycles. The zero-order chi connectivity index (χ0) is 22.9. The molecule has 1 aliphatic rings. The summed E-state index contributed by atoms with van der Waals surface area (Å²) < 4.78 is 7.13. The van der Waals surface area contributed by atoms with Gasteiger partial charge < -0.3 is 19.1 Å². The number of ether oxygens (including phenoxy) is 1. The number of amides is 2. The second-order valence-corrected chi connectivity index (χ2v) is 8.78. The fraction of sp³-hybridized carbons (Fsp3) is 0.520. The fourth-order valence-electron chi connectivity index (χ4n) is 4.39. The molecule has 1 heterocycles. The Hall–Kier alpha value is -2.31. The van der Waals surface area contributed by atoms with Gasteiger partial charge in [-0.05, 0) is 43.5 Å². The molecule has 174 valence electrons. The molecule has 1 aromatic heterocycles. The molecule has 2 amide bonds. The molecule has 0 spiro atoms. The monoisotopic (exact) mass is 459 g/mol. The van der Waals surface area contributed by atoms with Crippen molar-refractivity contribution in [1.29, 1.82) is 0 Å². The molecule has 1 aliphatic carbocycles. The van der Waals surface area contributed by atoms with Gasteiger partial charge in [-0.15, -0.1) is 0 Å². The number of rotatable bonds is 10. The van der Waals surface area contributed by atoms with E-state index >= 15 is 0 Å². The van der Waals surface area contributed by atoms with Crippen molar-refractivity contribution in [3.8, 4) is 0 Å². The number of carbonyl (C=O) groups is 2. The average molecular weight is 460 g/mol. The molecule has 1 fully saturated rings. The molecule has 0 unspecified atom stereocenters. The molecule has 0 aliphatic heterocycles. The van der Waals surface area contributed by atoms with Gasteiger partial charge in [0.15, 0.2) is 0 Å². The third-order valence-electron chi connectivity index (χ3n) is 6.22. The molecule has 1 aromatic carbocycles. The topological polar surface area (TPSA) is 54.8 Å². The van der Waals surface area contributed by atoms with Crippen molar-refractivity contribution in [3.05, 3.63) is 58.9 Å². The highest BCUT2D eigenvalue weighted by Gasteiger charge is 2.28. The summed E-state index contributed by atoms with van der Waals surface area (Å²) in [6, 6.07) is 12.1. The lowest BCUT2D eigenvalue weighted by Gasteiger charge is -2.36. The first-order valence-corrected chi connectivity index (χ1v) is 11.8. The van der Waals surface area contributed by atoms with Crippen LogP contribution < -0.4 is 0 Å². The summed E-state index contributed by atoms with van der Waals surface area (Å²) in [5.74, 6) is -0.164. The van der Waals surface area contributed by atoms with E-state index in [0.717, 1.165) is 42.0 Å². The van der Waals surface area contributed by atoms with Gasteiger partial charge in [-0.3, -0.25) is 9.59 Å². The molecule has 7 heteroatoms. The van der Waals surface area contributed by atoms with Gasteiger partial charge in [-0.1, -0.05) is 49.1 Å². The minimum Gasteiger partial charge on any atom is -0.375 e. The second kappa shape index (κ2) is 12.1. The predicted molar refractivity (Wildman–Crippen MR) is 127 cm³/mol. The fourth-order valence-corrected chi connectivity index (χ4v) is 4.59. The first-order chi connectivity index (χ1) is 15.5. The molecular weight excluding hydrogens is 426 g/mol. The first-order valence-electron chi connectivity index (χ1n) is 11.5. The Morgan fingerprint density at radius 1 is 1.09 bits per heavy atom. The summed E-state index contributed by atoms with van der Waals surface area (Å²) in [4.78, 5) is 29.3. The predicted octanol–water partition coefficient (Wildman–Crippen LogP) is 4.35. The summed E-state index contributed by atoms with van der Waals surface area (Å²) in [7, 11) is 1.50. The van der Waals surface area contributed by atoms with Crippen LogP contribution in [0.5, 0.6) is 0 Å². The number of likely N-dealkylation sites (N-methyl/N-ethyl adjacent to an activating group) is 1. The second-order valence-electron chi connectivity index (χ2n) is 8.37. The molecule has 6 nitrogen and oxygen atoms in total. The van der Waals surface area contributed by atoms with Crippen molar-refractivity contribution in [2.24, 2.45) is 0 Å². The lowest BCUT2D eigenvalue weighted by atomic mass is 9.94. The molecule has 2 aromatic rings. The van der Waals surface area contributed by atoms with Gasteiger partial charge in [0.1, 0.15) is 6.61 Å². The van der Waals surface area contributed by atoms with Crippen LogP contribution in [0.3, 0.4) is 0 Å². The van der Waals surface area contributed by atoms with Crippen LogP contribution in [0.25, 0.3) is 0 Å². The summed E-state index contributed by atoms with van der Waals surface area (Å²) in [5, 5.41) is 0.739. The smallest absolute Gasteiger partial charge is 0.249 e. The maximum absolute atomic E-state index is 13.4. The SMILES string of the molecule is CCN(CC(=O)N(Cc1cccn1Cc1ccccc1Cl)C1CCCCC1)C(=O)COC. The van der Waals surface area contributed by atoms with E-state index in [-0.39, 0.29) is 31.0 Å². The highest BCUT2D eigenvalue weighted by Crippen LogP contribution is 2.25. The van der Waals surface area contributed by atoms with E-state index in [1.807, 2.05) is 48.4 Å². The van der Waals surface area contributed by atoms with Crippen LogP contribution in [0.4, 0.5) is 0 Å². The number of nitrogens with zero attached hydrogens (tertiary/aromatic N) is 3. The van der Waals surface area contributed by atoms with Gasteiger partial charge in [0, 0.05) is 43.2 Å². The number of hydrogen-bond acceptors (Lipinski definition) is 3. The van der Waals surface area contributed by atoms with Crippen molar-refractivity contribution in [2.75, 3.05) is 26.8 Å². The van der Waals surface area contributed by atoms with Crippen molar-refractivity contribution >= 4 is 23.4 Å². The van der Waals surface area contributed by atoms with Gasteiger partial charge in [0.25, 0.3) is 0 Å².